The molecular formula is C48H53F2NO12S. The van der Waals surface area contributed by atoms with Crippen molar-refractivity contribution in [2.24, 2.45) is 28.6 Å². The highest BCUT2D eigenvalue weighted by atomic mass is 32.2. The number of nitrogens with one attached hydrogen (secondary N) is 1. The van der Waals surface area contributed by atoms with Crippen LogP contribution in [0.25, 0.3) is 0 Å². The zero-order valence-corrected chi connectivity index (χ0v) is 36.5. The number of aliphatic hydroxyl groups is 2. The second kappa shape index (κ2) is 18.6. The Hall–Kier alpha value is -4.26. The van der Waals surface area contributed by atoms with Crippen molar-refractivity contribution in [1.29, 1.82) is 0 Å². The summed E-state index contributed by atoms with van der Waals surface area (Å²) in [6.45, 7) is 4.16. The fourth-order valence-electron chi connectivity index (χ4n) is 11.1. The number of aliphatic hydroxyl groups excluding tert-OH is 2. The first-order chi connectivity index (χ1) is 30.6. The third-order valence-corrected chi connectivity index (χ3v) is 15.3. The zero-order chi connectivity index (χ0) is 45.4. The molecule has 342 valence electrons. The number of carbonyl (C=O) groups is 5. The van der Waals surface area contributed by atoms with E-state index in [9.17, 15) is 34.2 Å². The number of carbonyl (C=O) groups excluding carboxylic acids is 5. The van der Waals surface area contributed by atoms with Crippen LogP contribution in [0.2, 0.25) is 0 Å². The van der Waals surface area contributed by atoms with Crippen molar-refractivity contribution in [3.05, 3.63) is 90.0 Å². The average Bonchev–Trinajstić information content (AvgIpc) is 3.89. The SMILES string of the molecule is C[C@]12C=CC(=O)C=C1[C@@H](F)C[C@H]1[C@@H]3C[C@H]4O[C@@H](c5ccc(Sc6cccc(NC(=O)CCOCCOCCOCCC7C(=O)C=CC7=O)c6)cc5)O[C@@]4(C(=O)CO)[C@@]3(C)C[C@H](O)[C@@]12F. The predicted octanol–water partition coefficient (Wildman–Crippen LogP) is 5.57. The van der Waals surface area contributed by atoms with Gasteiger partial charge in [0.1, 0.15) is 12.8 Å². The average molecular weight is 906 g/mol. The predicted molar refractivity (Wildman–Crippen MR) is 228 cm³/mol. The molecule has 2 aromatic rings. The van der Waals surface area contributed by atoms with E-state index in [1.165, 1.54) is 43.0 Å². The number of alkyl halides is 2. The minimum absolute atomic E-state index is 0.0121. The topological polar surface area (TPSA) is 184 Å². The minimum Gasteiger partial charge on any atom is -0.390 e. The van der Waals surface area contributed by atoms with Crippen LogP contribution in [0.15, 0.2) is 94.3 Å². The van der Waals surface area contributed by atoms with Crippen LogP contribution in [0, 0.1) is 28.6 Å². The van der Waals surface area contributed by atoms with Crippen molar-refractivity contribution >= 4 is 46.5 Å². The minimum atomic E-state index is -2.34. The van der Waals surface area contributed by atoms with Gasteiger partial charge in [0, 0.05) is 44.4 Å². The van der Waals surface area contributed by atoms with E-state index in [1.54, 1.807) is 13.0 Å². The number of amides is 1. The lowest BCUT2D eigenvalue weighted by molar-refractivity contribution is -0.235. The zero-order valence-electron chi connectivity index (χ0n) is 35.7. The maximum Gasteiger partial charge on any atom is 0.226 e. The van der Waals surface area contributed by atoms with E-state index < -0.39 is 82.7 Å². The van der Waals surface area contributed by atoms with Crippen LogP contribution in [0.1, 0.15) is 57.8 Å². The first-order valence-corrected chi connectivity index (χ1v) is 22.6. The van der Waals surface area contributed by atoms with Gasteiger partial charge in [-0.15, -0.1) is 0 Å². The molecule has 3 N–H and O–H groups in total. The van der Waals surface area contributed by atoms with E-state index in [2.05, 4.69) is 5.32 Å². The molecule has 1 saturated heterocycles. The van der Waals surface area contributed by atoms with Crippen molar-refractivity contribution in [3.63, 3.8) is 0 Å². The van der Waals surface area contributed by atoms with E-state index >= 15 is 8.78 Å². The lowest BCUT2D eigenvalue weighted by atomic mass is 9.44. The number of halogens is 2. The number of hydrogen-bond donors (Lipinski definition) is 3. The lowest BCUT2D eigenvalue weighted by Gasteiger charge is -2.63. The molecule has 0 bridgehead atoms. The van der Waals surface area contributed by atoms with Gasteiger partial charge in [0.15, 0.2) is 40.7 Å². The number of ether oxygens (including phenoxy) is 5. The monoisotopic (exact) mass is 905 g/mol. The van der Waals surface area contributed by atoms with E-state index in [1.807, 2.05) is 42.5 Å². The summed E-state index contributed by atoms with van der Waals surface area (Å²) in [4.78, 5) is 63.7. The van der Waals surface area contributed by atoms with Gasteiger partial charge in [0.2, 0.25) is 5.91 Å². The Morgan fingerprint density at radius 1 is 0.891 bits per heavy atom. The summed E-state index contributed by atoms with van der Waals surface area (Å²) in [6, 6.07) is 14.7. The fraction of sp³-hybridized carbons (Fsp3) is 0.521. The van der Waals surface area contributed by atoms with Crippen molar-refractivity contribution in [1.82, 2.24) is 0 Å². The number of allylic oxidation sites excluding steroid dienone is 6. The smallest absolute Gasteiger partial charge is 0.226 e. The summed E-state index contributed by atoms with van der Waals surface area (Å²) in [7, 11) is 0. The van der Waals surface area contributed by atoms with Crippen LogP contribution in [-0.2, 0) is 47.7 Å². The molecular weight excluding hydrogens is 853 g/mol. The van der Waals surface area contributed by atoms with Crippen LogP contribution < -0.4 is 5.32 Å². The molecule has 1 amide bonds. The highest BCUT2D eigenvalue weighted by Gasteiger charge is 2.80. The Kier molecular flexibility index (Phi) is 13.4. The quantitative estimate of drug-likeness (QED) is 0.125. The highest BCUT2D eigenvalue weighted by molar-refractivity contribution is 7.99. The number of benzene rings is 2. The van der Waals surface area contributed by atoms with Gasteiger partial charge in [0.05, 0.1) is 57.6 Å². The van der Waals surface area contributed by atoms with Gasteiger partial charge in [-0.05, 0) is 98.7 Å². The molecule has 6 aliphatic rings. The second-order valence-corrected chi connectivity index (χ2v) is 18.9. The second-order valence-electron chi connectivity index (χ2n) is 17.8. The molecule has 5 aliphatic carbocycles. The molecule has 4 fully saturated rings. The molecule has 0 unspecified atom stereocenters. The standard InChI is InChI=1S/C48H53F2NO12S/c1-45-15-12-30(53)23-36(45)37(49)24-35-34-25-42-48(41(57)27-52,46(34,2)26-40(56)47(35,45)50)63-44(62-42)28-6-8-31(9-7-28)64-32-5-3-4-29(22-32)51-43(58)14-17-60-19-21-61-20-18-59-16-13-33-38(54)10-11-39(33)55/h3-12,15,22-23,33-35,37,40,42,44,52,56H,13-14,16-21,24-27H2,1-2H3,(H,51,58)/t34-,35-,37-,40-,42+,44+,45-,46-,47-,48+/m0/s1. The normalized spacial score (nSPS) is 34.0. The molecule has 0 radical (unpaired) electrons. The third kappa shape index (κ3) is 8.18. The van der Waals surface area contributed by atoms with Crippen molar-refractivity contribution in [2.45, 2.75) is 91.7 Å². The largest absolute Gasteiger partial charge is 0.390 e. The maximum atomic E-state index is 17.7. The van der Waals surface area contributed by atoms with Crippen LogP contribution in [0.4, 0.5) is 14.5 Å². The summed E-state index contributed by atoms with van der Waals surface area (Å²) in [6.07, 6.45) is 1.27. The van der Waals surface area contributed by atoms with Crippen LogP contribution in [-0.4, -0.2) is 115 Å². The molecule has 1 heterocycles. The van der Waals surface area contributed by atoms with Gasteiger partial charge in [-0.2, -0.15) is 0 Å². The maximum absolute atomic E-state index is 17.7. The number of hydrogen-bond acceptors (Lipinski definition) is 13. The Bertz CT molecular complexity index is 2230. The number of rotatable bonds is 18. The number of anilines is 1. The van der Waals surface area contributed by atoms with Gasteiger partial charge in [-0.1, -0.05) is 43.0 Å². The number of Topliss-reactive ketones (excluding diaryl/α,β-unsaturated/α-hetero) is 1. The Morgan fingerprint density at radius 2 is 1.58 bits per heavy atom. The summed E-state index contributed by atoms with van der Waals surface area (Å²) in [5, 5.41) is 25.0. The van der Waals surface area contributed by atoms with Crippen molar-refractivity contribution in [3.8, 4) is 0 Å². The molecule has 0 spiro atoms. The first-order valence-electron chi connectivity index (χ1n) is 21.7. The molecule has 1 aliphatic heterocycles. The van der Waals surface area contributed by atoms with E-state index in [0.29, 0.717) is 44.1 Å². The van der Waals surface area contributed by atoms with Crippen molar-refractivity contribution in [2.75, 3.05) is 51.6 Å². The van der Waals surface area contributed by atoms with E-state index in [0.717, 1.165) is 15.9 Å². The highest BCUT2D eigenvalue weighted by Crippen LogP contribution is 2.72. The van der Waals surface area contributed by atoms with Crippen LogP contribution in [0.3, 0.4) is 0 Å². The Morgan fingerprint density at radius 3 is 2.28 bits per heavy atom. The molecule has 2 aromatic carbocycles. The van der Waals surface area contributed by atoms with E-state index in [-0.39, 0.29) is 61.9 Å². The molecule has 8 rings (SSSR count). The Balaban J connectivity index is 0.817. The van der Waals surface area contributed by atoms with Gasteiger partial charge >= 0.3 is 0 Å². The molecule has 64 heavy (non-hydrogen) atoms. The van der Waals surface area contributed by atoms with Crippen molar-refractivity contribution < 1.29 is 66.7 Å². The molecule has 0 aromatic heterocycles. The molecule has 16 heteroatoms. The fourth-order valence-corrected chi connectivity index (χ4v) is 12.0. The van der Waals surface area contributed by atoms with E-state index in [4.69, 9.17) is 23.7 Å². The summed E-state index contributed by atoms with van der Waals surface area (Å²) in [5.74, 6) is -3.98. The van der Waals surface area contributed by atoms with Gasteiger partial charge in [0.25, 0.3) is 0 Å². The summed E-state index contributed by atoms with van der Waals surface area (Å²) >= 11 is 1.46. The van der Waals surface area contributed by atoms with Gasteiger partial charge in [-0.3, -0.25) is 24.0 Å². The third-order valence-electron chi connectivity index (χ3n) is 14.3. The number of ketones is 4. The molecule has 10 atom stereocenters. The molecule has 3 saturated carbocycles. The van der Waals surface area contributed by atoms with Crippen LogP contribution in [0.5, 0.6) is 0 Å². The summed E-state index contributed by atoms with van der Waals surface area (Å²) in [5.41, 5.74) is -5.65. The lowest BCUT2D eigenvalue weighted by Crippen LogP contribution is -2.70. The first kappa shape index (κ1) is 46.3. The van der Waals surface area contributed by atoms with Gasteiger partial charge < -0.3 is 39.2 Å². The van der Waals surface area contributed by atoms with Crippen LogP contribution >= 0.6 is 11.8 Å². The number of fused-ring (bicyclic) bond motifs is 7. The Labute approximate surface area is 373 Å². The molecule has 13 nitrogen and oxygen atoms in total. The summed E-state index contributed by atoms with van der Waals surface area (Å²) < 4.78 is 63.2. The van der Waals surface area contributed by atoms with Gasteiger partial charge in [-0.25, -0.2) is 8.78 Å².